The number of phenols is 1. The molecule has 0 saturated carbocycles. The number of hydrogen-bond acceptors (Lipinski definition) is 3. The van der Waals surface area contributed by atoms with Crippen LogP contribution in [-0.4, -0.2) is 12.2 Å². The Bertz CT molecular complexity index is 313. The van der Waals surface area contributed by atoms with Gasteiger partial charge in [0.25, 0.3) is 0 Å². The summed E-state index contributed by atoms with van der Waals surface area (Å²) >= 11 is 5.73. The molecule has 1 aromatic carbocycles. The zero-order valence-electron chi connectivity index (χ0n) is 7.54. The Morgan fingerprint density at radius 2 is 2.15 bits per heavy atom. The largest absolute Gasteiger partial charge is 0.506 e. The highest BCUT2D eigenvalue weighted by Crippen LogP contribution is 2.37. The lowest BCUT2D eigenvalue weighted by molar-refractivity contribution is 0.395. The summed E-state index contributed by atoms with van der Waals surface area (Å²) in [6.07, 6.45) is 0. The molecule has 1 atom stereocenters. The average molecular weight is 202 g/mol. The number of benzene rings is 1. The maximum absolute atomic E-state index is 9.59. The number of aromatic hydroxyl groups is 1. The summed E-state index contributed by atoms with van der Waals surface area (Å²) in [4.78, 5) is 0. The van der Waals surface area contributed by atoms with E-state index >= 15 is 0 Å². The van der Waals surface area contributed by atoms with Crippen LogP contribution in [0.3, 0.4) is 0 Å². The van der Waals surface area contributed by atoms with E-state index in [2.05, 4.69) is 0 Å². The van der Waals surface area contributed by atoms with Crippen LogP contribution in [0.15, 0.2) is 12.1 Å². The van der Waals surface area contributed by atoms with Gasteiger partial charge in [0.15, 0.2) is 0 Å². The Morgan fingerprint density at radius 1 is 1.54 bits per heavy atom. The van der Waals surface area contributed by atoms with Gasteiger partial charge < -0.3 is 15.6 Å². The Hall–Kier alpha value is -0.930. The molecule has 13 heavy (non-hydrogen) atoms. The maximum Gasteiger partial charge on any atom is 0.142 e. The zero-order chi connectivity index (χ0) is 10.0. The lowest BCUT2D eigenvalue weighted by atomic mass is 10.1. The molecule has 0 aliphatic carbocycles. The highest BCUT2D eigenvalue weighted by molar-refractivity contribution is 6.32. The van der Waals surface area contributed by atoms with Gasteiger partial charge in [-0.3, -0.25) is 0 Å². The van der Waals surface area contributed by atoms with Crippen molar-refractivity contribution >= 4 is 11.6 Å². The Morgan fingerprint density at radius 3 is 2.62 bits per heavy atom. The van der Waals surface area contributed by atoms with E-state index in [1.165, 1.54) is 7.11 Å². The van der Waals surface area contributed by atoms with Crippen molar-refractivity contribution in [2.75, 3.05) is 7.11 Å². The van der Waals surface area contributed by atoms with Crippen LogP contribution in [0.4, 0.5) is 0 Å². The molecular formula is C9H12ClNO2. The van der Waals surface area contributed by atoms with Crippen molar-refractivity contribution in [2.24, 2.45) is 5.73 Å². The van der Waals surface area contributed by atoms with Crippen LogP contribution < -0.4 is 10.5 Å². The molecule has 0 saturated heterocycles. The maximum atomic E-state index is 9.59. The normalized spacial score (nSPS) is 12.6. The number of rotatable bonds is 2. The van der Waals surface area contributed by atoms with Crippen LogP contribution in [0.25, 0.3) is 0 Å². The minimum atomic E-state index is -0.311. The number of halogens is 1. The lowest BCUT2D eigenvalue weighted by Gasteiger charge is -2.13. The van der Waals surface area contributed by atoms with Crippen molar-refractivity contribution in [3.63, 3.8) is 0 Å². The van der Waals surface area contributed by atoms with Gasteiger partial charge in [-0.1, -0.05) is 11.6 Å². The van der Waals surface area contributed by atoms with Gasteiger partial charge in [-0.2, -0.15) is 0 Å². The molecule has 72 valence electrons. The summed E-state index contributed by atoms with van der Waals surface area (Å²) in [5.41, 5.74) is 6.20. The monoisotopic (exact) mass is 201 g/mol. The van der Waals surface area contributed by atoms with E-state index in [0.717, 1.165) is 0 Å². The van der Waals surface area contributed by atoms with Gasteiger partial charge in [-0.05, 0) is 19.1 Å². The number of phenolic OH excluding ortho intramolecular Hbond substituents is 1. The molecule has 0 heterocycles. The SMILES string of the molecule is COc1ccc(Cl)c(O)c1[C@@H](C)N. The van der Waals surface area contributed by atoms with E-state index in [0.29, 0.717) is 11.3 Å². The molecule has 0 spiro atoms. The number of nitrogens with two attached hydrogens (primary N) is 1. The molecule has 0 radical (unpaired) electrons. The molecule has 0 aliphatic heterocycles. The van der Waals surface area contributed by atoms with Crippen LogP contribution in [0.1, 0.15) is 18.5 Å². The summed E-state index contributed by atoms with van der Waals surface area (Å²) < 4.78 is 5.04. The van der Waals surface area contributed by atoms with Gasteiger partial charge in [0.1, 0.15) is 11.5 Å². The van der Waals surface area contributed by atoms with Crippen LogP contribution in [0.2, 0.25) is 5.02 Å². The topological polar surface area (TPSA) is 55.5 Å². The molecule has 0 amide bonds. The first-order valence-corrected chi connectivity index (χ1v) is 4.26. The van der Waals surface area contributed by atoms with Gasteiger partial charge >= 0.3 is 0 Å². The highest BCUT2D eigenvalue weighted by Gasteiger charge is 2.15. The Labute approximate surface area is 82.1 Å². The summed E-state index contributed by atoms with van der Waals surface area (Å²) in [7, 11) is 1.52. The average Bonchev–Trinajstić information content (AvgIpc) is 2.08. The van der Waals surface area contributed by atoms with Gasteiger partial charge in [0.2, 0.25) is 0 Å². The molecule has 1 rings (SSSR count). The van der Waals surface area contributed by atoms with Crippen LogP contribution in [-0.2, 0) is 0 Å². The van der Waals surface area contributed by atoms with Gasteiger partial charge in [-0.15, -0.1) is 0 Å². The third-order valence-electron chi connectivity index (χ3n) is 1.80. The van der Waals surface area contributed by atoms with E-state index in [-0.39, 0.29) is 16.8 Å². The smallest absolute Gasteiger partial charge is 0.142 e. The molecule has 3 nitrogen and oxygen atoms in total. The summed E-state index contributed by atoms with van der Waals surface area (Å²) in [5, 5.41) is 9.87. The van der Waals surface area contributed by atoms with Gasteiger partial charge in [-0.25, -0.2) is 0 Å². The number of ether oxygens (including phenoxy) is 1. The highest BCUT2D eigenvalue weighted by atomic mass is 35.5. The molecular weight excluding hydrogens is 190 g/mol. The van der Waals surface area contributed by atoms with Crippen LogP contribution >= 0.6 is 11.6 Å². The quantitative estimate of drug-likeness (QED) is 0.770. The van der Waals surface area contributed by atoms with Crippen molar-refractivity contribution in [1.82, 2.24) is 0 Å². The fourth-order valence-electron chi connectivity index (χ4n) is 1.18. The van der Waals surface area contributed by atoms with Crippen LogP contribution in [0, 0.1) is 0 Å². The molecule has 0 aliphatic rings. The number of methoxy groups -OCH3 is 1. The molecule has 0 bridgehead atoms. The fourth-order valence-corrected chi connectivity index (χ4v) is 1.35. The Kier molecular flexibility index (Phi) is 3.01. The van der Waals surface area contributed by atoms with Crippen molar-refractivity contribution in [3.05, 3.63) is 22.7 Å². The second-order valence-corrected chi connectivity index (χ2v) is 3.21. The van der Waals surface area contributed by atoms with Crippen LogP contribution in [0.5, 0.6) is 11.5 Å². The van der Waals surface area contributed by atoms with Crippen molar-refractivity contribution in [2.45, 2.75) is 13.0 Å². The van der Waals surface area contributed by atoms with E-state index in [4.69, 9.17) is 22.1 Å². The minimum absolute atomic E-state index is 0.00369. The van der Waals surface area contributed by atoms with Crippen molar-refractivity contribution in [1.29, 1.82) is 0 Å². The Balaban J connectivity index is 3.32. The van der Waals surface area contributed by atoms with E-state index < -0.39 is 0 Å². The third kappa shape index (κ3) is 1.87. The molecule has 0 aromatic heterocycles. The molecule has 4 heteroatoms. The summed E-state index contributed by atoms with van der Waals surface area (Å²) in [5.74, 6) is 0.549. The molecule has 3 N–H and O–H groups in total. The standard InChI is InChI=1S/C9H12ClNO2/c1-5(11)8-7(13-2)4-3-6(10)9(8)12/h3-5,12H,11H2,1-2H3/t5-/m1/s1. The van der Waals surface area contributed by atoms with Crippen molar-refractivity contribution < 1.29 is 9.84 Å². The minimum Gasteiger partial charge on any atom is -0.506 e. The second kappa shape index (κ2) is 3.85. The predicted molar refractivity (Wildman–Crippen MR) is 52.3 cm³/mol. The number of hydrogen-bond donors (Lipinski definition) is 2. The lowest BCUT2D eigenvalue weighted by Crippen LogP contribution is -2.07. The first-order valence-electron chi connectivity index (χ1n) is 3.89. The first kappa shape index (κ1) is 10.2. The van der Waals surface area contributed by atoms with E-state index in [9.17, 15) is 5.11 Å². The van der Waals surface area contributed by atoms with Gasteiger partial charge in [0.05, 0.1) is 17.7 Å². The molecule has 0 unspecified atom stereocenters. The summed E-state index contributed by atoms with van der Waals surface area (Å²) in [6.45, 7) is 1.76. The van der Waals surface area contributed by atoms with Crippen molar-refractivity contribution in [3.8, 4) is 11.5 Å². The predicted octanol–water partition coefficient (Wildman–Crippen LogP) is 2.07. The van der Waals surface area contributed by atoms with E-state index in [1.54, 1.807) is 19.1 Å². The van der Waals surface area contributed by atoms with Gasteiger partial charge in [0, 0.05) is 6.04 Å². The summed E-state index contributed by atoms with van der Waals surface area (Å²) in [6, 6.07) is 2.94. The van der Waals surface area contributed by atoms with E-state index in [1.807, 2.05) is 0 Å². The zero-order valence-corrected chi connectivity index (χ0v) is 8.30. The third-order valence-corrected chi connectivity index (χ3v) is 2.11. The fraction of sp³-hybridized carbons (Fsp3) is 0.333. The second-order valence-electron chi connectivity index (χ2n) is 2.80. The first-order chi connectivity index (χ1) is 6.07. The molecule has 1 aromatic rings. The molecule has 0 fully saturated rings.